The Morgan fingerprint density at radius 3 is 1.88 bits per heavy atom. The maximum atomic E-state index is 10.7. The van der Waals surface area contributed by atoms with Gasteiger partial charge in [0.05, 0.1) is 11.4 Å². The van der Waals surface area contributed by atoms with Gasteiger partial charge in [-0.25, -0.2) is 5.84 Å². The van der Waals surface area contributed by atoms with E-state index in [4.69, 9.17) is 5.84 Å². The van der Waals surface area contributed by atoms with Crippen LogP contribution in [0.4, 0.5) is 0 Å². The summed E-state index contributed by atoms with van der Waals surface area (Å²) in [5, 5.41) is 0. The van der Waals surface area contributed by atoms with Gasteiger partial charge in [-0.2, -0.15) is 0 Å². The van der Waals surface area contributed by atoms with Gasteiger partial charge in [-0.05, 0) is 20.8 Å². The molecule has 0 aliphatic rings. The molecule has 0 aromatic heterocycles. The summed E-state index contributed by atoms with van der Waals surface area (Å²) in [6.45, 7) is 5.55. The molecule has 0 spiro atoms. The molecule has 1 unspecified atom stereocenters. The van der Waals surface area contributed by atoms with Gasteiger partial charge >= 0.3 is 0 Å². The normalized spacial score (nSPS) is 16.1. The van der Waals surface area contributed by atoms with E-state index in [1.807, 2.05) is 20.8 Å². The fourth-order valence-corrected chi connectivity index (χ4v) is 0.530. The van der Waals surface area contributed by atoms with E-state index in [0.29, 0.717) is 0 Å². The molecule has 0 bridgehead atoms. The zero-order chi connectivity index (χ0) is 6.78. The van der Waals surface area contributed by atoms with Crippen molar-refractivity contribution in [1.82, 2.24) is 4.83 Å². The van der Waals surface area contributed by atoms with Crippen molar-refractivity contribution in [2.45, 2.75) is 25.5 Å². The molecule has 0 heterocycles. The summed E-state index contributed by atoms with van der Waals surface area (Å²) in [7, 11) is 0. The molecule has 0 aliphatic heterocycles. The van der Waals surface area contributed by atoms with Gasteiger partial charge in [0.2, 0.25) is 0 Å². The number of hydrogen-bond acceptors (Lipinski definition) is 3. The van der Waals surface area contributed by atoms with E-state index in [-0.39, 0.29) is 4.75 Å². The summed E-state index contributed by atoms with van der Waals surface area (Å²) in [5.41, 5.74) is 0. The van der Waals surface area contributed by atoms with E-state index >= 15 is 0 Å². The van der Waals surface area contributed by atoms with Crippen molar-refractivity contribution >= 4 is 11.4 Å². The van der Waals surface area contributed by atoms with Gasteiger partial charge in [0, 0.05) is 0 Å². The molecule has 0 aliphatic carbocycles. The Balaban J connectivity index is 3.62. The molecule has 4 heteroatoms. The van der Waals surface area contributed by atoms with E-state index in [9.17, 15) is 4.55 Å². The molecular weight excluding hydrogens is 124 g/mol. The van der Waals surface area contributed by atoms with Gasteiger partial charge in [0.25, 0.3) is 0 Å². The Morgan fingerprint density at radius 2 is 1.88 bits per heavy atom. The SMILES string of the molecule is CC(C)(C)[S+]([O-])NN. The monoisotopic (exact) mass is 136 g/mol. The summed E-state index contributed by atoms with van der Waals surface area (Å²) in [5.74, 6) is 4.91. The Kier molecular flexibility index (Phi) is 2.76. The molecule has 3 nitrogen and oxygen atoms in total. The van der Waals surface area contributed by atoms with Crippen LogP contribution in [0.2, 0.25) is 0 Å². The minimum atomic E-state index is -1.12. The van der Waals surface area contributed by atoms with Gasteiger partial charge < -0.3 is 4.55 Å². The van der Waals surface area contributed by atoms with Crippen molar-refractivity contribution in [3.63, 3.8) is 0 Å². The lowest BCUT2D eigenvalue weighted by molar-refractivity contribution is 0.546. The van der Waals surface area contributed by atoms with Crippen molar-refractivity contribution < 1.29 is 4.55 Å². The van der Waals surface area contributed by atoms with Gasteiger partial charge in [-0.1, -0.05) is 4.83 Å². The van der Waals surface area contributed by atoms with Gasteiger partial charge in [-0.3, -0.25) is 0 Å². The largest absolute Gasteiger partial charge is 0.597 e. The lowest BCUT2D eigenvalue weighted by Crippen LogP contribution is -2.42. The molecule has 0 fully saturated rings. The molecule has 50 valence electrons. The maximum Gasteiger partial charge on any atom is 0.138 e. The highest BCUT2D eigenvalue weighted by molar-refractivity contribution is 7.90. The van der Waals surface area contributed by atoms with Crippen molar-refractivity contribution in [1.29, 1.82) is 0 Å². The van der Waals surface area contributed by atoms with Crippen LogP contribution in [-0.2, 0) is 11.4 Å². The van der Waals surface area contributed by atoms with Crippen molar-refractivity contribution in [2.24, 2.45) is 5.84 Å². The lowest BCUT2D eigenvalue weighted by Gasteiger charge is -2.20. The van der Waals surface area contributed by atoms with E-state index in [2.05, 4.69) is 4.83 Å². The topological polar surface area (TPSA) is 61.1 Å². The third kappa shape index (κ3) is 2.52. The molecule has 0 aromatic rings. The predicted octanol–water partition coefficient (Wildman–Crippen LogP) is -0.0881. The smallest absolute Gasteiger partial charge is 0.138 e. The Labute approximate surface area is 52.9 Å². The van der Waals surface area contributed by atoms with Gasteiger partial charge in [0.1, 0.15) is 4.75 Å². The zero-order valence-corrected chi connectivity index (χ0v) is 6.21. The van der Waals surface area contributed by atoms with Crippen LogP contribution in [0.15, 0.2) is 0 Å². The zero-order valence-electron chi connectivity index (χ0n) is 5.39. The first-order chi connectivity index (χ1) is 3.48. The fourth-order valence-electron chi connectivity index (χ4n) is 0.177. The standard InChI is InChI=1S/C4H12N2OS/c1-4(2,3)8(7)6-5/h6H,5H2,1-3H3. The predicted molar refractivity (Wildman–Crippen MR) is 35.2 cm³/mol. The van der Waals surface area contributed by atoms with Crippen LogP contribution >= 0.6 is 0 Å². The Hall–Kier alpha value is 0.230. The highest BCUT2D eigenvalue weighted by atomic mass is 32.2. The molecule has 3 N–H and O–H groups in total. The minimum absolute atomic E-state index is 0.255. The first-order valence-corrected chi connectivity index (χ1v) is 3.51. The van der Waals surface area contributed by atoms with Gasteiger partial charge in [-0.15, -0.1) is 0 Å². The fraction of sp³-hybridized carbons (Fsp3) is 1.00. The highest BCUT2D eigenvalue weighted by Gasteiger charge is 2.24. The van der Waals surface area contributed by atoms with Crippen LogP contribution in [0.1, 0.15) is 20.8 Å². The van der Waals surface area contributed by atoms with Crippen LogP contribution in [-0.4, -0.2) is 9.30 Å². The summed E-state index contributed by atoms with van der Waals surface area (Å²) in [6.07, 6.45) is 0. The third-order valence-corrected chi connectivity index (χ3v) is 1.99. The molecule has 0 radical (unpaired) electrons. The third-order valence-electron chi connectivity index (χ3n) is 0.663. The summed E-state index contributed by atoms with van der Waals surface area (Å²) >= 11 is -1.12. The van der Waals surface area contributed by atoms with E-state index in [0.717, 1.165) is 0 Å². The molecule has 0 amide bonds. The first-order valence-electron chi connectivity index (χ1n) is 2.36. The van der Waals surface area contributed by atoms with Crippen molar-refractivity contribution in [2.75, 3.05) is 0 Å². The second-order valence-corrected chi connectivity index (χ2v) is 4.50. The Bertz CT molecular complexity index is 70.9. The Morgan fingerprint density at radius 1 is 1.50 bits per heavy atom. The quantitative estimate of drug-likeness (QED) is 0.301. The molecule has 8 heavy (non-hydrogen) atoms. The average molecular weight is 136 g/mol. The molecule has 0 rings (SSSR count). The summed E-state index contributed by atoms with van der Waals surface area (Å²) < 4.78 is 10.5. The number of nitrogens with two attached hydrogens (primary N) is 1. The molecular formula is C4H12N2OS. The van der Waals surface area contributed by atoms with Crippen LogP contribution in [0.25, 0.3) is 0 Å². The highest BCUT2D eigenvalue weighted by Crippen LogP contribution is 2.10. The molecule has 1 atom stereocenters. The van der Waals surface area contributed by atoms with E-state index < -0.39 is 11.4 Å². The molecule has 0 saturated carbocycles. The summed E-state index contributed by atoms with van der Waals surface area (Å²) in [6, 6.07) is 0. The average Bonchev–Trinajstić information content (AvgIpc) is 1.62. The number of nitrogens with one attached hydrogen (secondary N) is 1. The second kappa shape index (κ2) is 2.68. The second-order valence-electron chi connectivity index (χ2n) is 2.50. The van der Waals surface area contributed by atoms with Crippen LogP contribution < -0.4 is 10.7 Å². The summed E-state index contributed by atoms with van der Waals surface area (Å²) in [4.78, 5) is 2.18. The van der Waals surface area contributed by atoms with Crippen molar-refractivity contribution in [3.8, 4) is 0 Å². The number of hydrogen-bond donors (Lipinski definition) is 2. The molecule has 0 aromatic carbocycles. The number of rotatable bonds is 1. The van der Waals surface area contributed by atoms with Crippen LogP contribution in [0.5, 0.6) is 0 Å². The maximum absolute atomic E-state index is 10.7. The van der Waals surface area contributed by atoms with E-state index in [1.165, 1.54) is 0 Å². The van der Waals surface area contributed by atoms with Crippen LogP contribution in [0.3, 0.4) is 0 Å². The number of hydrazine groups is 1. The minimum Gasteiger partial charge on any atom is -0.597 e. The van der Waals surface area contributed by atoms with E-state index in [1.54, 1.807) is 0 Å². The lowest BCUT2D eigenvalue weighted by atomic mass is 10.3. The first kappa shape index (κ1) is 8.23. The molecule has 0 saturated heterocycles. The van der Waals surface area contributed by atoms with Crippen LogP contribution in [0, 0.1) is 0 Å². The van der Waals surface area contributed by atoms with Crippen molar-refractivity contribution in [3.05, 3.63) is 0 Å². The van der Waals surface area contributed by atoms with Gasteiger partial charge in [0.15, 0.2) is 0 Å².